The van der Waals surface area contributed by atoms with E-state index in [1.54, 1.807) is 0 Å². The Balaban J connectivity index is 1.96. The van der Waals surface area contributed by atoms with Gasteiger partial charge in [-0.25, -0.2) is 0 Å². The first-order valence-electron chi connectivity index (χ1n) is 4.44. The zero-order chi connectivity index (χ0) is 10.7. The highest BCUT2D eigenvalue weighted by Gasteiger charge is 2.01. The first-order valence-corrected chi connectivity index (χ1v) is 5.25. The number of nitrogens with one attached hydrogen (secondary N) is 1. The van der Waals surface area contributed by atoms with Gasteiger partial charge in [-0.1, -0.05) is 5.16 Å². The average Bonchev–Trinajstić information content (AvgIpc) is 2.83. The van der Waals surface area contributed by atoms with Crippen LogP contribution in [0.4, 0.5) is 5.82 Å². The molecule has 2 heterocycles. The van der Waals surface area contributed by atoms with E-state index in [0.29, 0.717) is 6.54 Å². The standard InChI is InChI=1S/C10H9N3OS/c1-7-4-10(13-14-7)12-6-9-3-2-8(5-11)15-9/h2-4H,6H2,1H3,(H,12,13). The van der Waals surface area contributed by atoms with Crippen molar-refractivity contribution in [2.75, 3.05) is 5.32 Å². The van der Waals surface area contributed by atoms with E-state index in [1.165, 1.54) is 11.3 Å². The van der Waals surface area contributed by atoms with Crippen LogP contribution in [0.3, 0.4) is 0 Å². The molecule has 2 rings (SSSR count). The lowest BCUT2D eigenvalue weighted by atomic mass is 10.4. The highest BCUT2D eigenvalue weighted by Crippen LogP contribution is 2.17. The third-order valence-corrected chi connectivity index (χ3v) is 2.83. The number of nitriles is 1. The Bertz CT molecular complexity index is 495. The number of anilines is 1. The van der Waals surface area contributed by atoms with E-state index in [-0.39, 0.29) is 0 Å². The molecule has 0 unspecified atom stereocenters. The molecule has 2 aromatic rings. The summed E-state index contributed by atoms with van der Waals surface area (Å²) in [6.45, 7) is 2.51. The van der Waals surface area contributed by atoms with Gasteiger partial charge in [0.1, 0.15) is 16.7 Å². The van der Waals surface area contributed by atoms with Crippen molar-refractivity contribution in [1.29, 1.82) is 5.26 Å². The quantitative estimate of drug-likeness (QED) is 0.861. The van der Waals surface area contributed by atoms with Gasteiger partial charge in [-0.3, -0.25) is 0 Å². The molecule has 0 atom stereocenters. The fourth-order valence-electron chi connectivity index (χ4n) is 1.16. The minimum absolute atomic E-state index is 0.665. The molecule has 0 radical (unpaired) electrons. The molecule has 5 heteroatoms. The Labute approximate surface area is 91.1 Å². The molecule has 0 aliphatic carbocycles. The van der Waals surface area contributed by atoms with Gasteiger partial charge in [0, 0.05) is 10.9 Å². The molecular weight excluding hydrogens is 210 g/mol. The van der Waals surface area contributed by atoms with E-state index >= 15 is 0 Å². The summed E-state index contributed by atoms with van der Waals surface area (Å²) in [6, 6.07) is 7.69. The van der Waals surface area contributed by atoms with Crippen molar-refractivity contribution in [3.8, 4) is 6.07 Å². The number of nitrogens with zero attached hydrogens (tertiary/aromatic N) is 2. The maximum atomic E-state index is 8.65. The van der Waals surface area contributed by atoms with Crippen LogP contribution >= 0.6 is 11.3 Å². The molecule has 0 amide bonds. The second kappa shape index (κ2) is 4.15. The largest absolute Gasteiger partial charge is 0.362 e. The van der Waals surface area contributed by atoms with E-state index < -0.39 is 0 Å². The Morgan fingerprint density at radius 3 is 3.07 bits per heavy atom. The van der Waals surface area contributed by atoms with Crippen LogP contribution in [0.1, 0.15) is 15.5 Å². The lowest BCUT2D eigenvalue weighted by molar-refractivity contribution is 0.399. The van der Waals surface area contributed by atoms with Crippen molar-refractivity contribution in [1.82, 2.24) is 5.16 Å². The maximum Gasteiger partial charge on any atom is 0.169 e. The van der Waals surface area contributed by atoms with Gasteiger partial charge in [0.15, 0.2) is 5.82 Å². The maximum absolute atomic E-state index is 8.65. The van der Waals surface area contributed by atoms with Gasteiger partial charge < -0.3 is 9.84 Å². The smallest absolute Gasteiger partial charge is 0.169 e. The lowest BCUT2D eigenvalue weighted by Crippen LogP contribution is -1.96. The highest BCUT2D eigenvalue weighted by atomic mass is 32.1. The second-order valence-electron chi connectivity index (χ2n) is 3.05. The van der Waals surface area contributed by atoms with Crippen molar-refractivity contribution in [3.63, 3.8) is 0 Å². The van der Waals surface area contributed by atoms with E-state index in [2.05, 4.69) is 16.5 Å². The van der Waals surface area contributed by atoms with Crippen LogP contribution in [0.15, 0.2) is 22.7 Å². The van der Waals surface area contributed by atoms with Crippen LogP contribution in [-0.2, 0) is 6.54 Å². The first kappa shape index (κ1) is 9.74. The summed E-state index contributed by atoms with van der Waals surface area (Å²) in [5.41, 5.74) is 0. The van der Waals surface area contributed by atoms with Crippen molar-refractivity contribution in [2.24, 2.45) is 0 Å². The number of aryl methyl sites for hydroxylation is 1. The predicted molar refractivity (Wildman–Crippen MR) is 57.6 cm³/mol. The number of hydrogen-bond donors (Lipinski definition) is 1. The molecule has 2 aromatic heterocycles. The fourth-order valence-corrected chi connectivity index (χ4v) is 1.91. The fraction of sp³-hybridized carbons (Fsp3) is 0.200. The third kappa shape index (κ3) is 2.36. The number of rotatable bonds is 3. The summed E-state index contributed by atoms with van der Waals surface area (Å²) >= 11 is 1.48. The monoisotopic (exact) mass is 219 g/mol. The Morgan fingerprint density at radius 1 is 1.60 bits per heavy atom. The Hall–Kier alpha value is -1.80. The second-order valence-corrected chi connectivity index (χ2v) is 4.22. The first-order chi connectivity index (χ1) is 7.28. The van der Waals surface area contributed by atoms with Crippen LogP contribution in [0, 0.1) is 18.3 Å². The molecule has 0 spiro atoms. The summed E-state index contributed by atoms with van der Waals surface area (Å²) in [4.78, 5) is 1.83. The Morgan fingerprint density at radius 2 is 2.47 bits per heavy atom. The van der Waals surface area contributed by atoms with Gasteiger partial charge in [0.05, 0.1) is 6.54 Å². The molecular formula is C10H9N3OS. The molecule has 0 saturated heterocycles. The van der Waals surface area contributed by atoms with Crippen LogP contribution in [0.2, 0.25) is 0 Å². The highest BCUT2D eigenvalue weighted by molar-refractivity contribution is 7.12. The SMILES string of the molecule is Cc1cc(NCc2ccc(C#N)s2)no1. The third-order valence-electron chi connectivity index (χ3n) is 1.84. The molecule has 0 bridgehead atoms. The van der Waals surface area contributed by atoms with Crippen LogP contribution in [-0.4, -0.2) is 5.16 Å². The van der Waals surface area contributed by atoms with E-state index in [0.717, 1.165) is 21.3 Å². The van der Waals surface area contributed by atoms with Crippen LogP contribution in [0.5, 0.6) is 0 Å². The minimum atomic E-state index is 0.665. The number of aromatic nitrogens is 1. The van der Waals surface area contributed by atoms with Gasteiger partial charge in [-0.2, -0.15) is 5.26 Å². The zero-order valence-corrected chi connectivity index (χ0v) is 8.97. The number of hydrogen-bond acceptors (Lipinski definition) is 5. The molecule has 0 aliphatic heterocycles. The summed E-state index contributed by atoms with van der Waals surface area (Å²) < 4.78 is 4.92. The van der Waals surface area contributed by atoms with Crippen molar-refractivity contribution >= 4 is 17.2 Å². The average molecular weight is 219 g/mol. The van der Waals surface area contributed by atoms with Gasteiger partial charge >= 0.3 is 0 Å². The topological polar surface area (TPSA) is 61.9 Å². The van der Waals surface area contributed by atoms with Gasteiger partial charge in [0.2, 0.25) is 0 Å². The van der Waals surface area contributed by atoms with Crippen LogP contribution in [0.25, 0.3) is 0 Å². The zero-order valence-electron chi connectivity index (χ0n) is 8.15. The lowest BCUT2D eigenvalue weighted by Gasteiger charge is -1.97. The van der Waals surface area contributed by atoms with E-state index in [1.807, 2.05) is 25.1 Å². The normalized spacial score (nSPS) is 9.87. The molecule has 15 heavy (non-hydrogen) atoms. The van der Waals surface area contributed by atoms with Gasteiger partial charge in [0.25, 0.3) is 0 Å². The Kier molecular flexibility index (Phi) is 2.70. The molecule has 0 saturated carbocycles. The molecule has 4 nitrogen and oxygen atoms in total. The molecule has 0 fully saturated rings. The molecule has 1 N–H and O–H groups in total. The van der Waals surface area contributed by atoms with Crippen molar-refractivity contribution < 1.29 is 4.52 Å². The summed E-state index contributed by atoms with van der Waals surface area (Å²) in [6.07, 6.45) is 0. The molecule has 76 valence electrons. The van der Waals surface area contributed by atoms with Crippen LogP contribution < -0.4 is 5.32 Å². The van der Waals surface area contributed by atoms with E-state index in [9.17, 15) is 0 Å². The summed E-state index contributed by atoms with van der Waals surface area (Å²) in [7, 11) is 0. The summed E-state index contributed by atoms with van der Waals surface area (Å²) in [5, 5.41) is 15.6. The van der Waals surface area contributed by atoms with Crippen molar-refractivity contribution in [2.45, 2.75) is 13.5 Å². The van der Waals surface area contributed by atoms with Gasteiger partial charge in [-0.05, 0) is 19.1 Å². The summed E-state index contributed by atoms with van der Waals surface area (Å²) in [5.74, 6) is 1.50. The van der Waals surface area contributed by atoms with E-state index in [4.69, 9.17) is 9.78 Å². The van der Waals surface area contributed by atoms with Gasteiger partial charge in [-0.15, -0.1) is 11.3 Å². The molecule has 0 aromatic carbocycles. The predicted octanol–water partition coefficient (Wildman–Crippen LogP) is 2.53. The molecule has 0 aliphatic rings. The van der Waals surface area contributed by atoms with Crippen molar-refractivity contribution in [3.05, 3.63) is 33.7 Å². The minimum Gasteiger partial charge on any atom is -0.362 e. The number of thiophene rings is 1.